The maximum Gasteiger partial charge on any atom is 0.250 e. The Morgan fingerprint density at radius 3 is 2.75 bits per heavy atom. The molecule has 2 rings (SSSR count). The van der Waals surface area contributed by atoms with Crippen LogP contribution in [0.1, 0.15) is 51.0 Å². The van der Waals surface area contributed by atoms with E-state index in [9.17, 15) is 8.42 Å². The highest BCUT2D eigenvalue weighted by molar-refractivity contribution is 7.91. The van der Waals surface area contributed by atoms with Crippen LogP contribution in [0.5, 0.6) is 0 Å². The molecule has 1 heterocycles. The molecular formula is C14H24N2O2S2. The molecule has 4 nitrogen and oxygen atoms in total. The van der Waals surface area contributed by atoms with Gasteiger partial charge in [0.15, 0.2) is 0 Å². The van der Waals surface area contributed by atoms with Gasteiger partial charge in [0.2, 0.25) is 10.0 Å². The van der Waals surface area contributed by atoms with Crippen LogP contribution in [0.15, 0.2) is 15.7 Å². The van der Waals surface area contributed by atoms with E-state index < -0.39 is 10.0 Å². The zero-order chi connectivity index (χ0) is 14.4. The number of thiophene rings is 1. The molecule has 0 radical (unpaired) electrons. The maximum absolute atomic E-state index is 12.3. The molecule has 114 valence electrons. The van der Waals surface area contributed by atoms with E-state index in [1.807, 2.05) is 5.38 Å². The van der Waals surface area contributed by atoms with Crippen LogP contribution in [0.2, 0.25) is 0 Å². The quantitative estimate of drug-likeness (QED) is 0.761. The van der Waals surface area contributed by atoms with Crippen molar-refractivity contribution in [3.05, 3.63) is 17.0 Å². The Morgan fingerprint density at radius 2 is 2.05 bits per heavy atom. The predicted molar refractivity (Wildman–Crippen MR) is 83.5 cm³/mol. The molecule has 20 heavy (non-hydrogen) atoms. The Bertz CT molecular complexity index is 505. The number of rotatable bonds is 7. The van der Waals surface area contributed by atoms with Gasteiger partial charge in [0.1, 0.15) is 4.21 Å². The van der Waals surface area contributed by atoms with Gasteiger partial charge >= 0.3 is 0 Å². The number of hydrogen-bond donors (Lipinski definition) is 2. The topological polar surface area (TPSA) is 58.2 Å². The Labute approximate surface area is 126 Å². The molecule has 2 N–H and O–H groups in total. The van der Waals surface area contributed by atoms with Crippen LogP contribution in [0.3, 0.4) is 0 Å². The summed E-state index contributed by atoms with van der Waals surface area (Å²) in [4.78, 5) is 0. The molecular weight excluding hydrogens is 292 g/mol. The fraction of sp³-hybridized carbons (Fsp3) is 0.714. The molecule has 1 aromatic rings. The van der Waals surface area contributed by atoms with E-state index in [-0.39, 0.29) is 6.04 Å². The van der Waals surface area contributed by atoms with Gasteiger partial charge in [-0.3, -0.25) is 0 Å². The van der Waals surface area contributed by atoms with Crippen LogP contribution in [-0.4, -0.2) is 21.0 Å². The molecule has 0 bridgehead atoms. The molecule has 0 amide bonds. The van der Waals surface area contributed by atoms with Crippen molar-refractivity contribution in [2.45, 2.75) is 62.2 Å². The average molecular weight is 316 g/mol. The van der Waals surface area contributed by atoms with E-state index in [1.165, 1.54) is 17.8 Å². The minimum absolute atomic E-state index is 0.123. The van der Waals surface area contributed by atoms with Crippen molar-refractivity contribution in [1.82, 2.24) is 10.0 Å². The van der Waals surface area contributed by atoms with Crippen LogP contribution < -0.4 is 10.0 Å². The Kier molecular flexibility index (Phi) is 6.01. The van der Waals surface area contributed by atoms with E-state index in [2.05, 4.69) is 17.0 Å². The Hall–Kier alpha value is -0.430. The number of hydrogen-bond acceptors (Lipinski definition) is 4. The molecule has 0 atom stereocenters. The van der Waals surface area contributed by atoms with Gasteiger partial charge in [-0.25, -0.2) is 13.1 Å². The van der Waals surface area contributed by atoms with Crippen molar-refractivity contribution < 1.29 is 8.42 Å². The van der Waals surface area contributed by atoms with Crippen molar-refractivity contribution in [1.29, 1.82) is 0 Å². The zero-order valence-electron chi connectivity index (χ0n) is 12.0. The molecule has 0 spiro atoms. The van der Waals surface area contributed by atoms with E-state index in [0.717, 1.165) is 50.8 Å². The van der Waals surface area contributed by atoms with Crippen molar-refractivity contribution in [2.75, 3.05) is 6.54 Å². The van der Waals surface area contributed by atoms with Crippen LogP contribution in [0.4, 0.5) is 0 Å². The minimum Gasteiger partial charge on any atom is -0.313 e. The maximum atomic E-state index is 12.3. The lowest BCUT2D eigenvalue weighted by Gasteiger charge is -2.22. The molecule has 6 heteroatoms. The third-order valence-corrected chi connectivity index (χ3v) is 6.59. The lowest BCUT2D eigenvalue weighted by atomic mass is 9.96. The lowest BCUT2D eigenvalue weighted by molar-refractivity contribution is 0.412. The molecule has 1 aromatic heterocycles. The van der Waals surface area contributed by atoms with Gasteiger partial charge in [-0.15, -0.1) is 11.3 Å². The SMILES string of the molecule is CCCNCc1csc(S(=O)(=O)NC2CCCCC2)c1. The highest BCUT2D eigenvalue weighted by atomic mass is 32.2. The molecule has 0 aromatic carbocycles. The van der Waals surface area contributed by atoms with E-state index in [0.29, 0.717) is 4.21 Å². The van der Waals surface area contributed by atoms with Crippen molar-refractivity contribution >= 4 is 21.4 Å². The standard InChI is InChI=1S/C14H24N2O2S2/c1-2-8-15-10-12-9-14(19-11-12)20(17,18)16-13-6-4-3-5-7-13/h9,11,13,15-16H,2-8,10H2,1H3. The van der Waals surface area contributed by atoms with Crippen molar-refractivity contribution in [3.8, 4) is 0 Å². The summed E-state index contributed by atoms with van der Waals surface area (Å²) in [6.45, 7) is 3.81. The summed E-state index contributed by atoms with van der Waals surface area (Å²) in [6, 6.07) is 1.91. The molecule has 0 aliphatic heterocycles. The summed E-state index contributed by atoms with van der Waals surface area (Å²) >= 11 is 1.31. The molecule has 1 saturated carbocycles. The lowest BCUT2D eigenvalue weighted by Crippen LogP contribution is -2.35. The summed E-state index contributed by atoms with van der Waals surface area (Å²) in [5, 5.41) is 5.22. The normalized spacial score (nSPS) is 17.4. The van der Waals surface area contributed by atoms with Crippen molar-refractivity contribution in [2.24, 2.45) is 0 Å². The zero-order valence-corrected chi connectivity index (χ0v) is 13.7. The van der Waals surface area contributed by atoms with Gasteiger partial charge in [-0.05, 0) is 42.8 Å². The minimum atomic E-state index is -3.33. The third kappa shape index (κ3) is 4.55. The third-order valence-electron chi connectivity index (χ3n) is 3.58. The second-order valence-electron chi connectivity index (χ2n) is 5.41. The van der Waals surface area contributed by atoms with Gasteiger partial charge in [-0.1, -0.05) is 26.2 Å². The second-order valence-corrected chi connectivity index (χ2v) is 8.26. The fourth-order valence-electron chi connectivity index (χ4n) is 2.49. The predicted octanol–water partition coefficient (Wildman–Crippen LogP) is 2.86. The van der Waals surface area contributed by atoms with Crippen LogP contribution >= 0.6 is 11.3 Å². The van der Waals surface area contributed by atoms with Crippen LogP contribution in [-0.2, 0) is 16.6 Å². The number of sulfonamides is 1. The molecule has 0 saturated heterocycles. The van der Waals surface area contributed by atoms with Gasteiger partial charge < -0.3 is 5.32 Å². The smallest absolute Gasteiger partial charge is 0.250 e. The highest BCUT2D eigenvalue weighted by Crippen LogP contribution is 2.23. The molecule has 1 fully saturated rings. The van der Waals surface area contributed by atoms with Crippen LogP contribution in [0, 0.1) is 0 Å². The average Bonchev–Trinajstić information content (AvgIpc) is 2.89. The Morgan fingerprint density at radius 1 is 1.30 bits per heavy atom. The van der Waals surface area contributed by atoms with Crippen LogP contribution in [0.25, 0.3) is 0 Å². The van der Waals surface area contributed by atoms with Gasteiger partial charge in [-0.2, -0.15) is 0 Å². The first-order valence-corrected chi connectivity index (χ1v) is 9.78. The summed E-state index contributed by atoms with van der Waals surface area (Å²) < 4.78 is 27.9. The highest BCUT2D eigenvalue weighted by Gasteiger charge is 2.23. The first kappa shape index (κ1) is 15.9. The molecule has 1 aliphatic carbocycles. The van der Waals surface area contributed by atoms with Crippen molar-refractivity contribution in [3.63, 3.8) is 0 Å². The summed E-state index contributed by atoms with van der Waals surface area (Å²) in [5.41, 5.74) is 1.05. The summed E-state index contributed by atoms with van der Waals surface area (Å²) in [6.07, 6.45) is 6.50. The van der Waals surface area contributed by atoms with Gasteiger partial charge in [0.25, 0.3) is 0 Å². The van der Waals surface area contributed by atoms with E-state index >= 15 is 0 Å². The molecule has 0 unspecified atom stereocenters. The monoisotopic (exact) mass is 316 g/mol. The summed E-state index contributed by atoms with van der Waals surface area (Å²) in [5.74, 6) is 0. The second kappa shape index (κ2) is 7.54. The number of nitrogens with one attached hydrogen (secondary N) is 2. The largest absolute Gasteiger partial charge is 0.313 e. The summed E-state index contributed by atoms with van der Waals surface area (Å²) in [7, 11) is -3.33. The first-order chi connectivity index (χ1) is 9.62. The first-order valence-electron chi connectivity index (χ1n) is 7.42. The van der Waals surface area contributed by atoms with Gasteiger partial charge in [0.05, 0.1) is 0 Å². The van der Waals surface area contributed by atoms with E-state index in [1.54, 1.807) is 6.07 Å². The fourth-order valence-corrected chi connectivity index (χ4v) is 5.03. The van der Waals surface area contributed by atoms with E-state index in [4.69, 9.17) is 0 Å². The van der Waals surface area contributed by atoms with Gasteiger partial charge in [0, 0.05) is 12.6 Å². The Balaban J connectivity index is 1.94. The molecule has 1 aliphatic rings.